The molecule has 3 rings (SSSR count). The van der Waals surface area contributed by atoms with Crippen LogP contribution < -0.4 is 0 Å². The molecule has 0 aromatic carbocycles. The van der Waals surface area contributed by atoms with Crippen LogP contribution in [0.15, 0.2) is 0 Å². The van der Waals surface area contributed by atoms with E-state index in [1.54, 1.807) is 6.92 Å². The van der Waals surface area contributed by atoms with Gasteiger partial charge in [-0.15, -0.1) is 0 Å². The number of ketones is 1. The van der Waals surface area contributed by atoms with Crippen molar-refractivity contribution in [1.29, 1.82) is 0 Å². The topological polar surface area (TPSA) is 37.3 Å². The molecule has 3 aliphatic carbocycles. The van der Waals surface area contributed by atoms with E-state index in [1.807, 2.05) is 0 Å². The summed E-state index contributed by atoms with van der Waals surface area (Å²) in [5, 5.41) is 10.0. The molecular formula is C19H32O2. The molecule has 2 unspecified atom stereocenters. The molecule has 0 amide bonds. The van der Waals surface area contributed by atoms with E-state index in [1.165, 1.54) is 38.5 Å². The first-order valence-corrected chi connectivity index (χ1v) is 9.00. The largest absolute Gasteiger partial charge is 0.393 e. The molecule has 3 aliphatic rings. The molecule has 0 radical (unpaired) electrons. The zero-order valence-corrected chi connectivity index (χ0v) is 14.0. The van der Waals surface area contributed by atoms with E-state index in [-0.39, 0.29) is 11.5 Å². The molecule has 0 saturated heterocycles. The van der Waals surface area contributed by atoms with Crippen LogP contribution in [0.2, 0.25) is 0 Å². The smallest absolute Gasteiger partial charge is 0.130 e. The number of aliphatic hydroxyl groups excluding tert-OH is 1. The summed E-state index contributed by atoms with van der Waals surface area (Å²) in [6, 6.07) is 0. The molecule has 21 heavy (non-hydrogen) atoms. The van der Waals surface area contributed by atoms with Gasteiger partial charge in [-0.3, -0.25) is 0 Å². The molecular weight excluding hydrogens is 260 g/mol. The molecule has 3 fully saturated rings. The Bertz CT molecular complexity index is 418. The van der Waals surface area contributed by atoms with E-state index in [4.69, 9.17) is 0 Å². The number of carbonyl (C=O) groups is 1. The van der Waals surface area contributed by atoms with Gasteiger partial charge in [-0.05, 0) is 86.9 Å². The SMILES string of the molecule is CC(=O)C[C@@]1(C)CCC2C(CC[C@H]3C[C@H](O)CC[C@]23C)C1. The monoisotopic (exact) mass is 292 g/mol. The summed E-state index contributed by atoms with van der Waals surface area (Å²) in [6.45, 7) is 6.59. The first kappa shape index (κ1) is 15.5. The average molecular weight is 292 g/mol. The fourth-order valence-electron chi connectivity index (χ4n) is 6.30. The molecule has 0 aromatic rings. The van der Waals surface area contributed by atoms with Crippen LogP contribution in [0.5, 0.6) is 0 Å². The Morgan fingerprint density at radius 1 is 1.14 bits per heavy atom. The maximum atomic E-state index is 11.6. The summed E-state index contributed by atoms with van der Waals surface area (Å²) in [7, 11) is 0. The second-order valence-corrected chi connectivity index (χ2v) is 9.01. The van der Waals surface area contributed by atoms with Crippen molar-refractivity contribution >= 4 is 5.78 Å². The zero-order chi connectivity index (χ0) is 15.3. The Balaban J connectivity index is 1.75. The minimum atomic E-state index is -0.0498. The minimum absolute atomic E-state index is 0.0498. The van der Waals surface area contributed by atoms with Gasteiger partial charge in [0, 0.05) is 6.42 Å². The van der Waals surface area contributed by atoms with Crippen LogP contribution in [0.3, 0.4) is 0 Å². The third kappa shape index (κ3) is 2.81. The Morgan fingerprint density at radius 3 is 2.62 bits per heavy atom. The van der Waals surface area contributed by atoms with Gasteiger partial charge in [0.25, 0.3) is 0 Å². The normalized spacial score (nSPS) is 50.1. The lowest BCUT2D eigenvalue weighted by molar-refractivity contribution is -0.124. The first-order chi connectivity index (χ1) is 9.82. The third-order valence-corrected chi connectivity index (χ3v) is 7.30. The molecule has 0 heterocycles. The molecule has 6 atom stereocenters. The number of hydrogen-bond acceptors (Lipinski definition) is 2. The summed E-state index contributed by atoms with van der Waals surface area (Å²) < 4.78 is 0. The van der Waals surface area contributed by atoms with Gasteiger partial charge in [0.1, 0.15) is 5.78 Å². The van der Waals surface area contributed by atoms with Crippen LogP contribution in [0.4, 0.5) is 0 Å². The van der Waals surface area contributed by atoms with Crippen molar-refractivity contribution in [3.63, 3.8) is 0 Å². The van der Waals surface area contributed by atoms with Gasteiger partial charge < -0.3 is 9.90 Å². The summed E-state index contributed by atoms with van der Waals surface area (Å²) in [6.07, 6.45) is 10.4. The van der Waals surface area contributed by atoms with Gasteiger partial charge in [-0.1, -0.05) is 13.8 Å². The van der Waals surface area contributed by atoms with E-state index in [2.05, 4.69) is 13.8 Å². The van der Waals surface area contributed by atoms with Crippen molar-refractivity contribution in [2.75, 3.05) is 0 Å². The number of Topliss-reactive ketones (excluding diaryl/α,β-unsaturated/α-hetero) is 1. The number of fused-ring (bicyclic) bond motifs is 3. The van der Waals surface area contributed by atoms with E-state index in [0.717, 1.165) is 37.0 Å². The third-order valence-electron chi connectivity index (χ3n) is 7.30. The number of carbonyl (C=O) groups excluding carboxylic acids is 1. The molecule has 1 N–H and O–H groups in total. The molecule has 0 spiro atoms. The Morgan fingerprint density at radius 2 is 1.90 bits per heavy atom. The second-order valence-electron chi connectivity index (χ2n) is 9.01. The van der Waals surface area contributed by atoms with E-state index in [9.17, 15) is 9.90 Å². The van der Waals surface area contributed by atoms with E-state index >= 15 is 0 Å². The second kappa shape index (κ2) is 5.37. The predicted molar refractivity (Wildman–Crippen MR) is 84.9 cm³/mol. The van der Waals surface area contributed by atoms with Gasteiger partial charge in [0.15, 0.2) is 0 Å². The Kier molecular flexibility index (Phi) is 3.97. The van der Waals surface area contributed by atoms with Crippen molar-refractivity contribution in [2.24, 2.45) is 28.6 Å². The highest BCUT2D eigenvalue weighted by molar-refractivity contribution is 5.76. The highest BCUT2D eigenvalue weighted by atomic mass is 16.3. The van der Waals surface area contributed by atoms with Crippen LogP contribution in [-0.4, -0.2) is 17.0 Å². The van der Waals surface area contributed by atoms with Gasteiger partial charge in [-0.2, -0.15) is 0 Å². The van der Waals surface area contributed by atoms with Crippen molar-refractivity contribution < 1.29 is 9.90 Å². The maximum absolute atomic E-state index is 11.6. The van der Waals surface area contributed by atoms with Crippen molar-refractivity contribution in [3.8, 4) is 0 Å². The zero-order valence-electron chi connectivity index (χ0n) is 14.0. The molecule has 2 nitrogen and oxygen atoms in total. The highest BCUT2D eigenvalue weighted by Gasteiger charge is 2.53. The number of rotatable bonds is 2. The van der Waals surface area contributed by atoms with Gasteiger partial charge in [0.05, 0.1) is 6.10 Å². The van der Waals surface area contributed by atoms with Crippen LogP contribution in [0.25, 0.3) is 0 Å². The Labute approximate surface area is 129 Å². The quantitative estimate of drug-likeness (QED) is 0.821. The summed E-state index contributed by atoms with van der Waals surface area (Å²) >= 11 is 0. The average Bonchev–Trinajstić information content (AvgIpc) is 2.38. The summed E-state index contributed by atoms with van der Waals surface area (Å²) in [4.78, 5) is 11.6. The van der Waals surface area contributed by atoms with Crippen LogP contribution in [0, 0.1) is 28.6 Å². The maximum Gasteiger partial charge on any atom is 0.130 e. The van der Waals surface area contributed by atoms with Gasteiger partial charge in [0.2, 0.25) is 0 Å². The standard InChI is InChI=1S/C19H32O2/c1-13(20)11-18(2)8-7-17-14(12-18)4-5-15-10-16(21)6-9-19(15,17)3/h14-17,21H,4-12H2,1-3H3/t14?,15-,16+,17?,18+,19-/m0/s1. The van der Waals surface area contributed by atoms with E-state index < -0.39 is 0 Å². The highest BCUT2D eigenvalue weighted by Crippen LogP contribution is 2.61. The fraction of sp³-hybridized carbons (Fsp3) is 0.947. The molecule has 0 aliphatic heterocycles. The number of hydrogen-bond donors (Lipinski definition) is 1. The van der Waals surface area contributed by atoms with E-state index in [0.29, 0.717) is 11.2 Å². The van der Waals surface area contributed by atoms with Crippen molar-refractivity contribution in [1.82, 2.24) is 0 Å². The lowest BCUT2D eigenvalue weighted by atomic mass is 9.47. The minimum Gasteiger partial charge on any atom is -0.393 e. The molecule has 0 bridgehead atoms. The molecule has 2 heteroatoms. The summed E-state index contributed by atoms with van der Waals surface area (Å²) in [5.41, 5.74) is 0.712. The fourth-order valence-corrected chi connectivity index (χ4v) is 6.30. The van der Waals surface area contributed by atoms with Gasteiger partial charge in [-0.25, -0.2) is 0 Å². The Hall–Kier alpha value is -0.370. The van der Waals surface area contributed by atoms with Gasteiger partial charge >= 0.3 is 0 Å². The summed E-state index contributed by atoms with van der Waals surface area (Å²) in [5.74, 6) is 2.75. The predicted octanol–water partition coefficient (Wildman–Crippen LogP) is 4.35. The molecule has 0 aromatic heterocycles. The molecule has 120 valence electrons. The van der Waals surface area contributed by atoms with Crippen LogP contribution in [0.1, 0.15) is 78.6 Å². The lowest BCUT2D eigenvalue weighted by Gasteiger charge is -2.58. The van der Waals surface area contributed by atoms with Crippen LogP contribution in [-0.2, 0) is 4.79 Å². The first-order valence-electron chi connectivity index (χ1n) is 9.00. The lowest BCUT2D eigenvalue weighted by Crippen LogP contribution is -2.50. The van der Waals surface area contributed by atoms with Crippen molar-refractivity contribution in [3.05, 3.63) is 0 Å². The molecule has 3 saturated carbocycles. The van der Waals surface area contributed by atoms with Crippen molar-refractivity contribution in [2.45, 2.75) is 84.7 Å². The van der Waals surface area contributed by atoms with Crippen LogP contribution >= 0.6 is 0 Å². The number of aliphatic hydroxyl groups is 1.